The van der Waals surface area contributed by atoms with Gasteiger partial charge < -0.3 is 14.6 Å². The first-order valence-electron chi connectivity index (χ1n) is 6.92. The van der Waals surface area contributed by atoms with Crippen molar-refractivity contribution in [2.45, 2.75) is 58.8 Å². The van der Waals surface area contributed by atoms with Crippen LogP contribution in [0.4, 0.5) is 0 Å². The molecule has 1 saturated heterocycles. The van der Waals surface area contributed by atoms with Gasteiger partial charge in [-0.2, -0.15) is 0 Å². The molecule has 1 heterocycles. The molecule has 18 heavy (non-hydrogen) atoms. The van der Waals surface area contributed by atoms with Crippen LogP contribution in [0.25, 0.3) is 0 Å². The zero-order valence-electron chi connectivity index (χ0n) is 12.0. The van der Waals surface area contributed by atoms with Crippen LogP contribution < -0.4 is 0 Å². The quantitative estimate of drug-likeness (QED) is 0.605. The molecule has 1 fully saturated rings. The number of hydrogen-bond acceptors (Lipinski definition) is 3. The second-order valence-electron chi connectivity index (χ2n) is 5.50. The van der Waals surface area contributed by atoms with E-state index in [9.17, 15) is 5.11 Å². The van der Waals surface area contributed by atoms with E-state index >= 15 is 0 Å². The molecule has 0 aromatic heterocycles. The van der Waals surface area contributed by atoms with E-state index in [0.717, 1.165) is 19.3 Å². The molecule has 0 aromatic rings. The van der Waals surface area contributed by atoms with Crippen molar-refractivity contribution in [1.82, 2.24) is 0 Å². The summed E-state index contributed by atoms with van der Waals surface area (Å²) >= 11 is 0. The molecule has 1 aliphatic rings. The number of rotatable bonds is 5. The summed E-state index contributed by atoms with van der Waals surface area (Å²) in [5.41, 5.74) is -0.875. The lowest BCUT2D eigenvalue weighted by molar-refractivity contribution is -0.0474. The first kappa shape index (κ1) is 15.5. The lowest BCUT2D eigenvalue weighted by Crippen LogP contribution is -2.39. The van der Waals surface area contributed by atoms with Crippen molar-refractivity contribution in [3.05, 3.63) is 0 Å². The maximum Gasteiger partial charge on any atom is 0.157 e. The highest BCUT2D eigenvalue weighted by atomic mass is 16.7. The van der Waals surface area contributed by atoms with Gasteiger partial charge in [-0.1, -0.05) is 33.6 Å². The predicted octanol–water partition coefficient (Wildman–Crippen LogP) is 2.58. The molecule has 0 aromatic carbocycles. The van der Waals surface area contributed by atoms with E-state index < -0.39 is 5.60 Å². The molecule has 1 rings (SSSR count). The summed E-state index contributed by atoms with van der Waals surface area (Å²) in [5, 5.41) is 10.5. The summed E-state index contributed by atoms with van der Waals surface area (Å²) in [7, 11) is 0. The Labute approximate surface area is 111 Å². The van der Waals surface area contributed by atoms with E-state index in [4.69, 9.17) is 9.47 Å². The number of unbranched alkanes of at least 4 members (excludes halogenated alkanes) is 1. The molecule has 3 heteroatoms. The number of ether oxygens (including phenoxy) is 2. The van der Waals surface area contributed by atoms with Crippen LogP contribution in [0.1, 0.15) is 47.0 Å². The van der Waals surface area contributed by atoms with Gasteiger partial charge in [0.2, 0.25) is 0 Å². The predicted molar refractivity (Wildman–Crippen MR) is 71.9 cm³/mol. The van der Waals surface area contributed by atoms with Gasteiger partial charge >= 0.3 is 0 Å². The topological polar surface area (TPSA) is 38.7 Å². The standard InChI is InChI=1S/C15H26O3/c1-12(2)15(16,13(3)4)9-7-5-6-8-14-17-10-11-18-14/h12-14,16H,5-6,8,10-11H2,1-4H3. The lowest BCUT2D eigenvalue weighted by Gasteiger charge is -2.30. The molecule has 0 radical (unpaired) electrons. The maximum absolute atomic E-state index is 10.5. The molecule has 0 saturated carbocycles. The Kier molecular flexibility index (Phi) is 6.14. The minimum absolute atomic E-state index is 0.0409. The van der Waals surface area contributed by atoms with Crippen molar-refractivity contribution in [2.75, 3.05) is 13.2 Å². The van der Waals surface area contributed by atoms with Crippen LogP contribution in [0.5, 0.6) is 0 Å². The zero-order chi connectivity index (χ0) is 13.6. The maximum atomic E-state index is 10.5. The van der Waals surface area contributed by atoms with Gasteiger partial charge in [0.05, 0.1) is 13.2 Å². The summed E-state index contributed by atoms with van der Waals surface area (Å²) in [6.07, 6.45) is 2.58. The molecule has 0 unspecified atom stereocenters. The summed E-state index contributed by atoms with van der Waals surface area (Å²) < 4.78 is 10.7. The molecule has 3 nitrogen and oxygen atoms in total. The van der Waals surface area contributed by atoms with Crippen LogP contribution in [-0.2, 0) is 9.47 Å². The molecule has 0 aliphatic carbocycles. The normalized spacial score (nSPS) is 17.3. The molecule has 104 valence electrons. The van der Waals surface area contributed by atoms with Crippen LogP contribution in [0.2, 0.25) is 0 Å². The molecule has 0 amide bonds. The Morgan fingerprint density at radius 3 is 2.22 bits per heavy atom. The smallest absolute Gasteiger partial charge is 0.157 e. The Balaban J connectivity index is 2.34. The number of hydrogen-bond donors (Lipinski definition) is 1. The van der Waals surface area contributed by atoms with Gasteiger partial charge in [-0.3, -0.25) is 0 Å². The van der Waals surface area contributed by atoms with Gasteiger partial charge in [0, 0.05) is 6.42 Å². The van der Waals surface area contributed by atoms with Crippen LogP contribution in [0.15, 0.2) is 0 Å². The van der Waals surface area contributed by atoms with Gasteiger partial charge in [0.15, 0.2) is 6.29 Å². The second-order valence-corrected chi connectivity index (χ2v) is 5.50. The zero-order valence-corrected chi connectivity index (χ0v) is 12.0. The van der Waals surface area contributed by atoms with E-state index in [0.29, 0.717) is 13.2 Å². The molecular weight excluding hydrogens is 228 g/mol. The molecule has 1 aliphatic heterocycles. The Bertz CT molecular complexity index is 285. The second kappa shape index (κ2) is 7.13. The van der Waals surface area contributed by atoms with E-state index in [1.54, 1.807) is 0 Å². The first-order chi connectivity index (χ1) is 8.47. The third-order valence-corrected chi connectivity index (χ3v) is 3.48. The number of aliphatic hydroxyl groups is 1. The first-order valence-corrected chi connectivity index (χ1v) is 6.92. The van der Waals surface area contributed by atoms with Gasteiger partial charge in [0.25, 0.3) is 0 Å². The van der Waals surface area contributed by atoms with Crippen molar-refractivity contribution < 1.29 is 14.6 Å². The van der Waals surface area contributed by atoms with Crippen LogP contribution in [0.3, 0.4) is 0 Å². The van der Waals surface area contributed by atoms with Crippen LogP contribution >= 0.6 is 0 Å². The largest absolute Gasteiger partial charge is 0.377 e. The van der Waals surface area contributed by atoms with Crippen molar-refractivity contribution in [1.29, 1.82) is 0 Å². The molecule has 0 bridgehead atoms. The summed E-state index contributed by atoms with van der Waals surface area (Å²) in [6, 6.07) is 0. The fourth-order valence-electron chi connectivity index (χ4n) is 2.09. The van der Waals surface area contributed by atoms with E-state index in [1.165, 1.54) is 0 Å². The van der Waals surface area contributed by atoms with Crippen molar-refractivity contribution >= 4 is 0 Å². The Morgan fingerprint density at radius 1 is 1.17 bits per heavy atom. The molecule has 1 N–H and O–H groups in total. The van der Waals surface area contributed by atoms with Crippen molar-refractivity contribution in [2.24, 2.45) is 11.8 Å². The summed E-state index contributed by atoms with van der Waals surface area (Å²) in [4.78, 5) is 0. The fraction of sp³-hybridized carbons (Fsp3) is 0.867. The SMILES string of the molecule is CC(C)C(O)(C#CCCCC1OCCO1)C(C)C. The van der Waals surface area contributed by atoms with Crippen LogP contribution in [0, 0.1) is 23.7 Å². The van der Waals surface area contributed by atoms with Gasteiger partial charge in [-0.15, -0.1) is 5.92 Å². The highest BCUT2D eigenvalue weighted by Crippen LogP contribution is 2.25. The van der Waals surface area contributed by atoms with Crippen molar-refractivity contribution in [3.8, 4) is 11.8 Å². The highest BCUT2D eigenvalue weighted by molar-refractivity contribution is 5.16. The lowest BCUT2D eigenvalue weighted by atomic mass is 9.81. The van der Waals surface area contributed by atoms with E-state index in [-0.39, 0.29) is 18.1 Å². The molecule has 0 atom stereocenters. The fourth-order valence-corrected chi connectivity index (χ4v) is 2.09. The average molecular weight is 254 g/mol. The van der Waals surface area contributed by atoms with Crippen LogP contribution in [-0.4, -0.2) is 30.2 Å². The minimum atomic E-state index is -0.875. The highest BCUT2D eigenvalue weighted by Gasteiger charge is 2.32. The summed E-state index contributed by atoms with van der Waals surface area (Å²) in [6.45, 7) is 9.45. The Morgan fingerprint density at radius 2 is 1.72 bits per heavy atom. The van der Waals surface area contributed by atoms with Crippen molar-refractivity contribution in [3.63, 3.8) is 0 Å². The van der Waals surface area contributed by atoms with E-state index in [1.807, 2.05) is 27.7 Å². The third kappa shape index (κ3) is 4.28. The molecule has 0 spiro atoms. The third-order valence-electron chi connectivity index (χ3n) is 3.48. The summed E-state index contributed by atoms with van der Waals surface area (Å²) in [5.74, 6) is 6.44. The minimum Gasteiger partial charge on any atom is -0.377 e. The Hall–Kier alpha value is -0.560. The monoisotopic (exact) mass is 254 g/mol. The van der Waals surface area contributed by atoms with Gasteiger partial charge in [0.1, 0.15) is 5.60 Å². The van der Waals surface area contributed by atoms with Gasteiger partial charge in [-0.25, -0.2) is 0 Å². The van der Waals surface area contributed by atoms with E-state index in [2.05, 4.69) is 11.8 Å². The average Bonchev–Trinajstić information content (AvgIpc) is 2.80. The van der Waals surface area contributed by atoms with Gasteiger partial charge in [-0.05, 0) is 24.7 Å². The molecular formula is C15H26O3.